The normalized spacial score (nSPS) is 19.2. The molecule has 0 amide bonds. The fraction of sp³-hybridized carbons (Fsp3) is 0.692. The first-order chi connectivity index (χ1) is 17.9. The van der Waals surface area contributed by atoms with Crippen LogP contribution in [0.5, 0.6) is 0 Å². The number of unbranched alkanes of at least 4 members (excludes halogenated alkanes) is 5. The maximum Gasteiger partial charge on any atom is 0.430 e. The van der Waals surface area contributed by atoms with Crippen LogP contribution in [0.2, 0.25) is 0 Å². The standard InChI is InChI=1S/C24H41N3O4S.C2HF3O2/c1-5-6-7-8-9-10-12-21-13-15-22(16-14-21)25-32(30,31)26(2)24(19-23(28)29)17-11-18-27(3,4)20-24;3-2(4,5)1(6)7/h13-16,25H,5-12,17-20H2,1-4H3;(H,6,7). The third kappa shape index (κ3) is 12.1. The fourth-order valence-electron chi connectivity index (χ4n) is 4.91. The van der Waals surface area contributed by atoms with E-state index in [0.29, 0.717) is 23.1 Å². The molecular weight excluding hydrogens is 539 g/mol. The summed E-state index contributed by atoms with van der Waals surface area (Å²) in [6.07, 6.45) is 4.40. The van der Waals surface area contributed by atoms with Crippen LogP contribution >= 0.6 is 0 Å². The molecule has 224 valence electrons. The summed E-state index contributed by atoms with van der Waals surface area (Å²) in [7, 11) is 1.64. The van der Waals surface area contributed by atoms with Gasteiger partial charge in [-0.2, -0.15) is 25.9 Å². The Hall–Kier alpha value is -2.38. The lowest BCUT2D eigenvalue weighted by Gasteiger charge is -2.48. The zero-order valence-corrected chi connectivity index (χ0v) is 24.0. The molecule has 0 radical (unpaired) electrons. The highest BCUT2D eigenvalue weighted by Gasteiger charge is 2.49. The van der Waals surface area contributed by atoms with Crippen LogP contribution in [0.15, 0.2) is 24.3 Å². The number of quaternary nitrogens is 1. The van der Waals surface area contributed by atoms with Gasteiger partial charge in [0.25, 0.3) is 0 Å². The first-order valence-electron chi connectivity index (χ1n) is 13.1. The van der Waals surface area contributed by atoms with Crippen molar-refractivity contribution in [3.8, 4) is 0 Å². The van der Waals surface area contributed by atoms with Gasteiger partial charge < -0.3 is 19.5 Å². The van der Waals surface area contributed by atoms with Crippen LogP contribution in [0.1, 0.15) is 70.3 Å². The number of rotatable bonds is 13. The number of carboxylic acids is 2. The molecule has 0 aliphatic carbocycles. The number of carboxylic acid groups (broad SMARTS) is 2. The van der Waals surface area contributed by atoms with Crippen molar-refractivity contribution in [2.45, 2.75) is 82.8 Å². The maximum atomic E-state index is 13.2. The van der Waals surface area contributed by atoms with E-state index in [0.717, 1.165) is 25.8 Å². The first-order valence-corrected chi connectivity index (χ1v) is 14.6. The third-order valence-electron chi connectivity index (χ3n) is 6.89. The van der Waals surface area contributed by atoms with E-state index in [1.54, 1.807) is 12.1 Å². The lowest BCUT2D eigenvalue weighted by atomic mass is 9.85. The smallest absolute Gasteiger partial charge is 0.430 e. The minimum atomic E-state index is -5.19. The lowest BCUT2D eigenvalue weighted by Crippen LogP contribution is -2.65. The summed E-state index contributed by atoms with van der Waals surface area (Å²) in [6, 6.07) is 7.53. The van der Waals surface area contributed by atoms with Crippen LogP contribution in [0.4, 0.5) is 18.9 Å². The largest absolute Gasteiger partial charge is 0.542 e. The Labute approximate surface area is 229 Å². The number of nitrogens with one attached hydrogen (secondary N) is 1. The van der Waals surface area contributed by atoms with Gasteiger partial charge in [-0.25, -0.2) is 0 Å². The molecule has 1 aliphatic rings. The average molecular weight is 582 g/mol. The van der Waals surface area contributed by atoms with Crippen LogP contribution in [0, 0.1) is 0 Å². The molecule has 1 aliphatic heterocycles. The van der Waals surface area contributed by atoms with Crippen molar-refractivity contribution in [1.82, 2.24) is 4.31 Å². The topological polar surface area (TPSA) is 127 Å². The zero-order chi connectivity index (χ0) is 29.9. The van der Waals surface area contributed by atoms with Crippen molar-refractivity contribution in [3.05, 3.63) is 29.8 Å². The van der Waals surface area contributed by atoms with E-state index in [1.165, 1.54) is 49.0 Å². The van der Waals surface area contributed by atoms with Crippen molar-refractivity contribution in [1.29, 1.82) is 0 Å². The van der Waals surface area contributed by atoms with Gasteiger partial charge in [-0.15, -0.1) is 0 Å². The molecule has 1 aromatic carbocycles. The number of aryl methyl sites for hydroxylation is 1. The highest BCUT2D eigenvalue weighted by Crippen LogP contribution is 2.34. The molecule has 0 aromatic heterocycles. The number of likely N-dealkylation sites (N-methyl/N-ethyl adjacent to an activating group) is 2. The Balaban J connectivity index is 0.000000956. The summed E-state index contributed by atoms with van der Waals surface area (Å²) in [5, 5.41) is 18.3. The second kappa shape index (κ2) is 14.8. The van der Waals surface area contributed by atoms with E-state index in [4.69, 9.17) is 9.90 Å². The number of piperidine rings is 1. The summed E-state index contributed by atoms with van der Waals surface area (Å²) in [6.45, 7) is 3.59. The number of likely N-dealkylation sites (tertiary alicyclic amines) is 1. The second-order valence-electron chi connectivity index (χ2n) is 10.8. The van der Waals surface area contributed by atoms with Gasteiger partial charge in [-0.3, -0.25) is 9.52 Å². The van der Waals surface area contributed by atoms with Crippen LogP contribution in [-0.2, 0) is 26.2 Å². The predicted molar refractivity (Wildman–Crippen MR) is 141 cm³/mol. The van der Waals surface area contributed by atoms with Gasteiger partial charge in [0.2, 0.25) is 0 Å². The maximum absolute atomic E-state index is 13.2. The Kier molecular flexibility index (Phi) is 13.2. The van der Waals surface area contributed by atoms with E-state index >= 15 is 0 Å². The molecule has 0 spiro atoms. The number of anilines is 1. The van der Waals surface area contributed by atoms with Gasteiger partial charge in [0.05, 0.1) is 39.1 Å². The molecule has 1 unspecified atom stereocenters. The quantitative estimate of drug-likeness (QED) is 0.271. The van der Waals surface area contributed by atoms with Gasteiger partial charge in [0.1, 0.15) is 5.97 Å². The fourth-order valence-corrected chi connectivity index (χ4v) is 6.20. The molecule has 1 fully saturated rings. The molecule has 9 nitrogen and oxygen atoms in total. The molecule has 39 heavy (non-hydrogen) atoms. The van der Waals surface area contributed by atoms with Crippen LogP contribution in [-0.4, -0.2) is 80.2 Å². The molecule has 1 atom stereocenters. The number of hydrogen-bond donors (Lipinski definition) is 2. The first kappa shape index (κ1) is 34.6. The van der Waals surface area contributed by atoms with Crippen molar-refractivity contribution in [2.75, 3.05) is 39.0 Å². The number of benzene rings is 1. The Bertz CT molecular complexity index is 1030. The van der Waals surface area contributed by atoms with E-state index in [-0.39, 0.29) is 6.42 Å². The number of aliphatic carboxylic acids is 2. The van der Waals surface area contributed by atoms with Crippen molar-refractivity contribution >= 4 is 27.8 Å². The molecule has 2 rings (SSSR count). The Morgan fingerprint density at radius 2 is 1.64 bits per heavy atom. The van der Waals surface area contributed by atoms with E-state index < -0.39 is 33.9 Å². The van der Waals surface area contributed by atoms with Gasteiger partial charge in [0.15, 0.2) is 0 Å². The van der Waals surface area contributed by atoms with E-state index in [1.807, 2.05) is 26.2 Å². The number of carbonyl (C=O) groups excluding carboxylic acids is 1. The number of carbonyl (C=O) groups is 2. The number of nitrogens with zero attached hydrogens (tertiary/aromatic N) is 2. The summed E-state index contributed by atoms with van der Waals surface area (Å²) >= 11 is 0. The summed E-state index contributed by atoms with van der Waals surface area (Å²) in [4.78, 5) is 20.4. The predicted octanol–water partition coefficient (Wildman–Crippen LogP) is 3.56. The average Bonchev–Trinajstić information content (AvgIpc) is 2.80. The molecule has 1 aromatic rings. The van der Waals surface area contributed by atoms with Crippen molar-refractivity contribution in [3.63, 3.8) is 0 Å². The van der Waals surface area contributed by atoms with Gasteiger partial charge in [-0.05, 0) is 43.4 Å². The van der Waals surface area contributed by atoms with Gasteiger partial charge in [-0.1, -0.05) is 51.2 Å². The highest BCUT2D eigenvalue weighted by atomic mass is 32.2. The van der Waals surface area contributed by atoms with Crippen molar-refractivity contribution < 1.29 is 45.9 Å². The molecule has 0 saturated carbocycles. The van der Waals surface area contributed by atoms with Crippen LogP contribution in [0.3, 0.4) is 0 Å². The lowest BCUT2D eigenvalue weighted by molar-refractivity contribution is -0.900. The third-order valence-corrected chi connectivity index (χ3v) is 8.49. The SMILES string of the molecule is CCCCCCCCc1ccc(NS(=O)(=O)N(C)C2(CC(=O)O)CCC[N+](C)(C)C2)cc1.O=C([O-])C(F)(F)F. The number of hydrogen-bond acceptors (Lipinski definition) is 5. The minimum absolute atomic E-state index is 0.205. The Morgan fingerprint density at radius 1 is 1.10 bits per heavy atom. The molecule has 1 heterocycles. The summed E-state index contributed by atoms with van der Waals surface area (Å²) in [5.41, 5.74) is 0.751. The minimum Gasteiger partial charge on any atom is -0.542 e. The molecule has 2 N–H and O–H groups in total. The molecular formula is C26H42F3N3O6S. The van der Waals surface area contributed by atoms with Gasteiger partial charge >= 0.3 is 22.4 Å². The van der Waals surface area contributed by atoms with Crippen LogP contribution in [0.25, 0.3) is 0 Å². The van der Waals surface area contributed by atoms with Crippen molar-refractivity contribution in [2.24, 2.45) is 0 Å². The molecule has 1 saturated heterocycles. The monoisotopic (exact) mass is 581 g/mol. The molecule has 13 heteroatoms. The van der Waals surface area contributed by atoms with Gasteiger partial charge in [0, 0.05) is 12.7 Å². The van der Waals surface area contributed by atoms with E-state index in [2.05, 4.69) is 11.6 Å². The number of halogens is 3. The Morgan fingerprint density at radius 3 is 2.13 bits per heavy atom. The second-order valence-corrected chi connectivity index (χ2v) is 12.5. The van der Waals surface area contributed by atoms with E-state index in [9.17, 15) is 31.5 Å². The van der Waals surface area contributed by atoms with Crippen LogP contribution < -0.4 is 9.83 Å². The number of alkyl halides is 3. The highest BCUT2D eigenvalue weighted by molar-refractivity contribution is 7.90. The molecule has 0 bridgehead atoms. The summed E-state index contributed by atoms with van der Waals surface area (Å²) < 4.78 is 62.5. The zero-order valence-electron chi connectivity index (χ0n) is 23.2. The summed E-state index contributed by atoms with van der Waals surface area (Å²) in [5.74, 6) is -3.99.